The Labute approximate surface area is 88.9 Å². The number of non-ortho nitro benzene ring substituents is 1. The summed E-state index contributed by atoms with van der Waals surface area (Å²) >= 11 is 0. The topological polar surface area (TPSA) is 102 Å². The van der Waals surface area contributed by atoms with Crippen LogP contribution in [0.3, 0.4) is 0 Å². The number of H-pyrrole nitrogens is 1. The molecule has 2 aromatic rings. The fraction of sp³-hybridized carbons (Fsp3) is 0.111. The van der Waals surface area contributed by atoms with Crippen LogP contribution in [0.5, 0.6) is 0 Å². The Morgan fingerprint density at radius 3 is 2.75 bits per heavy atom. The van der Waals surface area contributed by atoms with Crippen molar-refractivity contribution < 1.29 is 9.45 Å². The SMILES string of the molecule is Cc1cc([N+](=O)[O-])ccc1-c1noc(=O)[nH]1. The third-order valence-electron chi connectivity index (χ3n) is 2.12. The number of nitro benzene ring substituents is 1. The van der Waals surface area contributed by atoms with E-state index in [0.29, 0.717) is 11.1 Å². The first-order valence-corrected chi connectivity index (χ1v) is 4.39. The Morgan fingerprint density at radius 1 is 1.50 bits per heavy atom. The van der Waals surface area contributed by atoms with E-state index in [9.17, 15) is 14.9 Å². The van der Waals surface area contributed by atoms with Crippen LogP contribution in [-0.2, 0) is 0 Å². The maximum Gasteiger partial charge on any atom is 0.439 e. The van der Waals surface area contributed by atoms with Gasteiger partial charge in [0.15, 0.2) is 5.82 Å². The summed E-state index contributed by atoms with van der Waals surface area (Å²) in [4.78, 5) is 23.2. The van der Waals surface area contributed by atoms with Gasteiger partial charge in [-0.2, -0.15) is 0 Å². The summed E-state index contributed by atoms with van der Waals surface area (Å²) in [6, 6.07) is 4.26. The van der Waals surface area contributed by atoms with E-state index in [1.54, 1.807) is 6.92 Å². The van der Waals surface area contributed by atoms with Crippen molar-refractivity contribution in [3.8, 4) is 11.4 Å². The molecule has 1 aromatic carbocycles. The second-order valence-corrected chi connectivity index (χ2v) is 3.20. The normalized spacial score (nSPS) is 10.3. The van der Waals surface area contributed by atoms with E-state index in [-0.39, 0.29) is 11.5 Å². The lowest BCUT2D eigenvalue weighted by Crippen LogP contribution is -1.96. The van der Waals surface area contributed by atoms with Gasteiger partial charge in [-0.1, -0.05) is 5.16 Å². The first-order valence-electron chi connectivity index (χ1n) is 4.39. The molecule has 82 valence electrons. The van der Waals surface area contributed by atoms with Gasteiger partial charge in [-0.05, 0) is 18.6 Å². The number of nitrogens with zero attached hydrogens (tertiary/aromatic N) is 2. The molecule has 1 aromatic heterocycles. The van der Waals surface area contributed by atoms with E-state index in [1.165, 1.54) is 18.2 Å². The van der Waals surface area contributed by atoms with Crippen molar-refractivity contribution in [2.75, 3.05) is 0 Å². The van der Waals surface area contributed by atoms with Crippen molar-refractivity contribution in [1.29, 1.82) is 0 Å². The van der Waals surface area contributed by atoms with Gasteiger partial charge in [-0.3, -0.25) is 19.6 Å². The molecule has 0 spiro atoms. The number of benzene rings is 1. The summed E-state index contributed by atoms with van der Waals surface area (Å²) in [5, 5.41) is 14.0. The highest BCUT2D eigenvalue weighted by molar-refractivity contribution is 5.61. The summed E-state index contributed by atoms with van der Waals surface area (Å²) in [6.45, 7) is 1.69. The molecule has 0 unspecified atom stereocenters. The summed E-state index contributed by atoms with van der Waals surface area (Å²) < 4.78 is 4.36. The average molecular weight is 221 g/mol. The molecule has 1 heterocycles. The molecular formula is C9H7N3O4. The lowest BCUT2D eigenvalue weighted by molar-refractivity contribution is -0.384. The third-order valence-corrected chi connectivity index (χ3v) is 2.12. The van der Waals surface area contributed by atoms with Gasteiger partial charge in [0.25, 0.3) is 5.69 Å². The van der Waals surface area contributed by atoms with Gasteiger partial charge in [-0.25, -0.2) is 4.79 Å². The quantitative estimate of drug-likeness (QED) is 0.607. The van der Waals surface area contributed by atoms with Crippen LogP contribution in [-0.4, -0.2) is 15.1 Å². The predicted octanol–water partition coefficient (Wildman–Crippen LogP) is 1.25. The molecule has 0 amide bonds. The Kier molecular flexibility index (Phi) is 2.28. The molecule has 0 saturated carbocycles. The van der Waals surface area contributed by atoms with E-state index < -0.39 is 10.7 Å². The van der Waals surface area contributed by atoms with E-state index in [1.807, 2.05) is 0 Å². The monoisotopic (exact) mass is 221 g/mol. The minimum atomic E-state index is -0.659. The zero-order valence-electron chi connectivity index (χ0n) is 8.26. The maximum atomic E-state index is 10.8. The highest BCUT2D eigenvalue weighted by atomic mass is 16.6. The van der Waals surface area contributed by atoms with Crippen molar-refractivity contribution >= 4 is 5.69 Å². The van der Waals surface area contributed by atoms with Gasteiger partial charge in [0.1, 0.15) is 0 Å². The van der Waals surface area contributed by atoms with Gasteiger partial charge < -0.3 is 0 Å². The van der Waals surface area contributed by atoms with Gasteiger partial charge >= 0.3 is 5.76 Å². The standard InChI is InChI=1S/C9H7N3O4/c1-5-4-6(12(14)15)2-3-7(5)8-10-9(13)16-11-8/h2-4H,1H3,(H,10,11,13). The van der Waals surface area contributed by atoms with Gasteiger partial charge in [-0.15, -0.1) is 0 Å². The van der Waals surface area contributed by atoms with E-state index >= 15 is 0 Å². The number of nitro groups is 1. The molecule has 0 aliphatic heterocycles. The second kappa shape index (κ2) is 3.61. The van der Waals surface area contributed by atoms with E-state index in [4.69, 9.17) is 0 Å². The Balaban J connectivity index is 2.51. The van der Waals surface area contributed by atoms with Crippen molar-refractivity contribution in [3.05, 3.63) is 44.4 Å². The molecule has 7 nitrogen and oxygen atoms in total. The molecule has 1 N–H and O–H groups in total. The fourth-order valence-corrected chi connectivity index (χ4v) is 1.37. The number of aryl methyl sites for hydroxylation is 1. The number of hydrogen-bond acceptors (Lipinski definition) is 5. The molecule has 0 radical (unpaired) electrons. The van der Waals surface area contributed by atoms with Crippen LogP contribution >= 0.6 is 0 Å². The van der Waals surface area contributed by atoms with Crippen LogP contribution in [0.25, 0.3) is 11.4 Å². The van der Waals surface area contributed by atoms with Crippen LogP contribution in [0.2, 0.25) is 0 Å². The minimum absolute atomic E-state index is 0.00732. The molecule has 0 bridgehead atoms. The Hall–Kier alpha value is -2.44. The minimum Gasteiger partial charge on any atom is -0.296 e. The molecule has 0 atom stereocenters. The summed E-state index contributed by atoms with van der Waals surface area (Å²) in [5.41, 5.74) is 1.22. The van der Waals surface area contributed by atoms with E-state index in [2.05, 4.69) is 14.7 Å². The van der Waals surface area contributed by atoms with E-state index in [0.717, 1.165) is 0 Å². The van der Waals surface area contributed by atoms with Crippen LogP contribution in [0.15, 0.2) is 27.5 Å². The predicted molar refractivity (Wildman–Crippen MR) is 54.0 cm³/mol. The number of hydrogen-bond donors (Lipinski definition) is 1. The van der Waals surface area contributed by atoms with Crippen LogP contribution in [0, 0.1) is 17.0 Å². The highest BCUT2D eigenvalue weighted by Gasteiger charge is 2.12. The Morgan fingerprint density at radius 2 is 2.25 bits per heavy atom. The molecule has 0 aliphatic carbocycles. The number of rotatable bonds is 2. The van der Waals surface area contributed by atoms with Crippen molar-refractivity contribution in [2.24, 2.45) is 0 Å². The lowest BCUT2D eigenvalue weighted by atomic mass is 10.1. The highest BCUT2D eigenvalue weighted by Crippen LogP contribution is 2.23. The maximum absolute atomic E-state index is 10.8. The fourth-order valence-electron chi connectivity index (χ4n) is 1.37. The number of nitrogens with one attached hydrogen (secondary N) is 1. The molecular weight excluding hydrogens is 214 g/mol. The van der Waals surface area contributed by atoms with Gasteiger partial charge in [0, 0.05) is 17.7 Å². The molecule has 0 fully saturated rings. The summed E-state index contributed by atoms with van der Waals surface area (Å²) in [6.07, 6.45) is 0. The molecule has 16 heavy (non-hydrogen) atoms. The second-order valence-electron chi connectivity index (χ2n) is 3.20. The van der Waals surface area contributed by atoms with Gasteiger partial charge in [0.2, 0.25) is 0 Å². The van der Waals surface area contributed by atoms with Gasteiger partial charge in [0.05, 0.1) is 4.92 Å². The number of aromatic amines is 1. The molecule has 0 saturated heterocycles. The third kappa shape index (κ3) is 1.70. The molecule has 2 rings (SSSR count). The largest absolute Gasteiger partial charge is 0.439 e. The van der Waals surface area contributed by atoms with Crippen molar-refractivity contribution in [2.45, 2.75) is 6.92 Å². The molecule has 0 aliphatic rings. The Bertz CT molecular complexity index is 599. The molecule has 7 heteroatoms. The van der Waals surface area contributed by atoms with Crippen LogP contribution in [0.1, 0.15) is 5.56 Å². The zero-order valence-corrected chi connectivity index (χ0v) is 8.26. The lowest BCUT2D eigenvalue weighted by Gasteiger charge is -2.00. The number of aromatic nitrogens is 2. The summed E-state index contributed by atoms with van der Waals surface area (Å²) in [5.74, 6) is -0.398. The smallest absolute Gasteiger partial charge is 0.296 e. The van der Waals surface area contributed by atoms with Crippen LogP contribution < -0.4 is 5.76 Å². The zero-order chi connectivity index (χ0) is 11.7. The average Bonchev–Trinajstić information content (AvgIpc) is 2.64. The van der Waals surface area contributed by atoms with Crippen LogP contribution in [0.4, 0.5) is 5.69 Å². The first kappa shape index (κ1) is 10.1. The first-order chi connectivity index (χ1) is 7.58. The van der Waals surface area contributed by atoms with Crippen molar-refractivity contribution in [1.82, 2.24) is 10.1 Å². The van der Waals surface area contributed by atoms with Crippen molar-refractivity contribution in [3.63, 3.8) is 0 Å². The summed E-state index contributed by atoms with van der Waals surface area (Å²) in [7, 11) is 0.